The van der Waals surface area contributed by atoms with E-state index in [9.17, 15) is 13.2 Å². The molecule has 0 unspecified atom stereocenters. The van der Waals surface area contributed by atoms with Crippen molar-refractivity contribution in [3.8, 4) is 20.9 Å². The first-order chi connectivity index (χ1) is 11.4. The lowest BCUT2D eigenvalue weighted by atomic mass is 10.1. The molecule has 0 amide bonds. The van der Waals surface area contributed by atoms with Gasteiger partial charge >= 0.3 is 6.18 Å². The predicted molar refractivity (Wildman–Crippen MR) is 89.8 cm³/mol. The van der Waals surface area contributed by atoms with Crippen molar-refractivity contribution in [2.24, 2.45) is 9.98 Å². The first-order valence-electron chi connectivity index (χ1n) is 7.16. The lowest BCUT2D eigenvalue weighted by Crippen LogP contribution is -2.37. The molecular formula is C17H11F3N2S2. The van der Waals surface area contributed by atoms with Gasteiger partial charge in [0.1, 0.15) is 0 Å². The summed E-state index contributed by atoms with van der Waals surface area (Å²) in [7, 11) is 0. The van der Waals surface area contributed by atoms with E-state index in [1.54, 1.807) is 0 Å². The third-order valence-electron chi connectivity index (χ3n) is 3.92. The van der Waals surface area contributed by atoms with Crippen LogP contribution >= 0.6 is 22.7 Å². The number of halogens is 3. The van der Waals surface area contributed by atoms with Crippen LogP contribution in [-0.4, -0.2) is 11.8 Å². The SMILES string of the molecule is CC1(C(F)(F)F)N=c2c(-c3cccs3)ccc(-c3cccs3)c2=N1. The number of rotatable bonds is 2. The zero-order chi connectivity index (χ0) is 16.9. The molecule has 0 aliphatic carbocycles. The Morgan fingerprint density at radius 1 is 0.833 bits per heavy atom. The van der Waals surface area contributed by atoms with E-state index in [1.165, 1.54) is 22.7 Å². The number of benzene rings is 1. The second-order valence-electron chi connectivity index (χ2n) is 5.55. The second-order valence-corrected chi connectivity index (χ2v) is 7.45. The second kappa shape index (κ2) is 5.26. The van der Waals surface area contributed by atoms with Gasteiger partial charge in [0.15, 0.2) is 0 Å². The summed E-state index contributed by atoms with van der Waals surface area (Å²) in [6.07, 6.45) is -4.54. The highest BCUT2D eigenvalue weighted by molar-refractivity contribution is 7.13. The summed E-state index contributed by atoms with van der Waals surface area (Å²) < 4.78 is 40.4. The van der Waals surface area contributed by atoms with Gasteiger partial charge in [0.25, 0.3) is 0 Å². The molecule has 3 heterocycles. The van der Waals surface area contributed by atoms with E-state index in [-0.39, 0.29) is 0 Å². The maximum atomic E-state index is 13.5. The minimum absolute atomic E-state index is 0.322. The summed E-state index contributed by atoms with van der Waals surface area (Å²) in [4.78, 5) is 9.77. The Hall–Kier alpha value is -1.99. The normalized spacial score (nSPS) is 15.7. The Kier molecular flexibility index (Phi) is 3.40. The maximum Gasteiger partial charge on any atom is 0.433 e. The van der Waals surface area contributed by atoms with Crippen LogP contribution in [0.3, 0.4) is 0 Å². The Labute approximate surface area is 143 Å². The highest BCUT2D eigenvalue weighted by Crippen LogP contribution is 2.36. The summed E-state index contributed by atoms with van der Waals surface area (Å²) in [6.45, 7) is 1.02. The van der Waals surface area contributed by atoms with Gasteiger partial charge in [0, 0.05) is 20.9 Å². The van der Waals surface area contributed by atoms with Gasteiger partial charge in [-0.25, -0.2) is 9.98 Å². The number of fused-ring (bicyclic) bond motifs is 1. The first-order valence-corrected chi connectivity index (χ1v) is 8.92. The topological polar surface area (TPSA) is 24.7 Å². The van der Waals surface area contributed by atoms with E-state index < -0.39 is 11.8 Å². The molecule has 7 heteroatoms. The third-order valence-corrected chi connectivity index (χ3v) is 5.73. The van der Waals surface area contributed by atoms with E-state index in [2.05, 4.69) is 9.98 Å². The van der Waals surface area contributed by atoms with Crippen LogP contribution in [0.15, 0.2) is 57.1 Å². The monoisotopic (exact) mass is 364 g/mol. The average molecular weight is 364 g/mol. The molecule has 122 valence electrons. The molecule has 1 aromatic carbocycles. The number of alkyl halides is 3. The molecule has 2 aromatic heterocycles. The Balaban J connectivity index is 2.06. The van der Waals surface area contributed by atoms with Crippen molar-refractivity contribution in [1.29, 1.82) is 0 Å². The van der Waals surface area contributed by atoms with Crippen LogP contribution in [0.2, 0.25) is 0 Å². The van der Waals surface area contributed by atoms with Gasteiger partial charge in [-0.2, -0.15) is 13.2 Å². The zero-order valence-corrected chi connectivity index (χ0v) is 14.1. The molecule has 0 radical (unpaired) electrons. The van der Waals surface area contributed by atoms with Crippen molar-refractivity contribution in [1.82, 2.24) is 0 Å². The summed E-state index contributed by atoms with van der Waals surface area (Å²) in [6, 6.07) is 11.2. The van der Waals surface area contributed by atoms with Gasteiger partial charge in [-0.05, 0) is 29.8 Å². The fourth-order valence-corrected chi connectivity index (χ4v) is 4.16. The van der Waals surface area contributed by atoms with Crippen LogP contribution in [0.1, 0.15) is 6.92 Å². The van der Waals surface area contributed by atoms with Crippen molar-refractivity contribution in [3.63, 3.8) is 0 Å². The minimum Gasteiger partial charge on any atom is -0.243 e. The third kappa shape index (κ3) is 2.31. The lowest BCUT2D eigenvalue weighted by Gasteiger charge is -2.20. The molecule has 24 heavy (non-hydrogen) atoms. The standard InChI is InChI=1S/C17H11F3N2S2/c1-16(17(18,19)20)21-14-10(12-4-2-8-23-12)6-7-11(15(14)22-16)13-5-3-9-24-13/h2-9H,1H3. The van der Waals surface area contributed by atoms with Crippen molar-refractivity contribution < 1.29 is 13.2 Å². The molecule has 0 saturated carbocycles. The van der Waals surface area contributed by atoms with Gasteiger partial charge in [0.2, 0.25) is 5.66 Å². The summed E-state index contributed by atoms with van der Waals surface area (Å²) >= 11 is 2.95. The van der Waals surface area contributed by atoms with E-state index in [0.29, 0.717) is 21.8 Å². The van der Waals surface area contributed by atoms with Crippen LogP contribution < -0.4 is 10.7 Å². The Morgan fingerprint density at radius 3 is 1.62 bits per heavy atom. The summed E-state index contributed by atoms with van der Waals surface area (Å²) in [5.41, 5.74) is -1.05. The molecule has 0 bridgehead atoms. The predicted octanol–water partition coefficient (Wildman–Crippen LogP) is 4.67. The fraction of sp³-hybridized carbons (Fsp3) is 0.176. The first kappa shape index (κ1) is 15.5. The summed E-state index contributed by atoms with van der Waals surface area (Å²) in [5.74, 6) is 0. The van der Waals surface area contributed by atoms with Crippen LogP contribution in [0.4, 0.5) is 13.2 Å². The minimum atomic E-state index is -4.54. The maximum absolute atomic E-state index is 13.5. The zero-order valence-electron chi connectivity index (χ0n) is 12.5. The van der Waals surface area contributed by atoms with Gasteiger partial charge in [-0.1, -0.05) is 24.3 Å². The highest BCUT2D eigenvalue weighted by Gasteiger charge is 2.53. The van der Waals surface area contributed by atoms with Crippen molar-refractivity contribution >= 4 is 22.7 Å². The average Bonchev–Trinajstić information content (AvgIpc) is 3.25. The van der Waals surface area contributed by atoms with Gasteiger partial charge in [-0.3, -0.25) is 0 Å². The van der Waals surface area contributed by atoms with E-state index in [1.807, 2.05) is 47.2 Å². The molecule has 4 rings (SSSR count). The van der Waals surface area contributed by atoms with E-state index >= 15 is 0 Å². The summed E-state index contributed by atoms with van der Waals surface area (Å²) in [5, 5.41) is 4.43. The smallest absolute Gasteiger partial charge is 0.243 e. The Morgan fingerprint density at radius 2 is 1.29 bits per heavy atom. The lowest BCUT2D eigenvalue weighted by molar-refractivity contribution is -0.177. The molecule has 0 fully saturated rings. The highest BCUT2D eigenvalue weighted by atomic mass is 32.1. The molecule has 0 N–H and O–H groups in total. The van der Waals surface area contributed by atoms with E-state index in [4.69, 9.17) is 0 Å². The quantitative estimate of drug-likeness (QED) is 0.631. The Bertz CT molecular complexity index is 930. The molecule has 2 nitrogen and oxygen atoms in total. The molecule has 0 saturated heterocycles. The van der Waals surface area contributed by atoms with Gasteiger partial charge < -0.3 is 0 Å². The fourth-order valence-electron chi connectivity index (χ4n) is 2.65. The van der Waals surface area contributed by atoms with Crippen LogP contribution in [0.25, 0.3) is 20.9 Å². The largest absolute Gasteiger partial charge is 0.433 e. The molecule has 0 atom stereocenters. The van der Waals surface area contributed by atoms with Crippen LogP contribution in [-0.2, 0) is 0 Å². The van der Waals surface area contributed by atoms with Gasteiger partial charge in [0.05, 0.1) is 10.7 Å². The molecular weight excluding hydrogens is 353 g/mol. The number of hydrogen-bond donors (Lipinski definition) is 0. The van der Waals surface area contributed by atoms with Crippen molar-refractivity contribution in [2.75, 3.05) is 0 Å². The number of hydrogen-bond acceptors (Lipinski definition) is 4. The molecule has 1 aliphatic heterocycles. The number of nitrogens with zero attached hydrogens (tertiary/aromatic N) is 2. The van der Waals surface area contributed by atoms with E-state index in [0.717, 1.165) is 16.7 Å². The molecule has 0 spiro atoms. The van der Waals surface area contributed by atoms with Gasteiger partial charge in [-0.15, -0.1) is 22.7 Å². The number of thiophene rings is 2. The van der Waals surface area contributed by atoms with Crippen molar-refractivity contribution in [3.05, 3.63) is 57.9 Å². The molecule has 3 aromatic rings. The molecule has 1 aliphatic rings. The van der Waals surface area contributed by atoms with Crippen LogP contribution in [0.5, 0.6) is 0 Å². The van der Waals surface area contributed by atoms with Crippen LogP contribution in [0, 0.1) is 0 Å². The van der Waals surface area contributed by atoms with Crippen molar-refractivity contribution in [2.45, 2.75) is 18.8 Å².